The van der Waals surface area contributed by atoms with Crippen molar-refractivity contribution in [1.29, 1.82) is 0 Å². The van der Waals surface area contributed by atoms with Crippen molar-refractivity contribution < 1.29 is 29.0 Å². The van der Waals surface area contributed by atoms with E-state index in [2.05, 4.69) is 34.6 Å². The molecule has 0 aliphatic heterocycles. The first-order valence-corrected chi connectivity index (χ1v) is 7.65. The molecule has 0 radical (unpaired) electrons. The maximum atomic E-state index is 4.77. The van der Waals surface area contributed by atoms with Crippen molar-refractivity contribution in [3.63, 3.8) is 0 Å². The van der Waals surface area contributed by atoms with E-state index in [1.165, 1.54) is 11.1 Å². The zero-order valence-corrected chi connectivity index (χ0v) is 13.9. The second-order valence-electron chi connectivity index (χ2n) is 4.20. The Morgan fingerprint density at radius 1 is 0.765 bits per heavy atom. The normalized spacial score (nSPS) is 16.2. The molecule has 0 saturated carbocycles. The van der Waals surface area contributed by atoms with Gasteiger partial charge < -0.3 is 0 Å². The Morgan fingerprint density at radius 3 is 1.12 bits per heavy atom. The molecule has 0 fully saturated rings. The second-order valence-corrected chi connectivity index (χ2v) is 6.89. The Morgan fingerprint density at radius 2 is 1.06 bits per heavy atom. The van der Waals surface area contributed by atoms with E-state index in [0.29, 0.717) is 5.92 Å². The van der Waals surface area contributed by atoms with Crippen molar-refractivity contribution in [2.45, 2.75) is 34.6 Å². The standard InChI is InChI=1S/C10H16.3CH3O.Ti/c1-6-7(2)9(4)10(5)8(6)3;3*1-2;/h6H,1-5H3;3*1H3;/q;3*-1;+3. The number of hydrogen-bond acceptors (Lipinski definition) is 3. The Balaban J connectivity index is 0.000000325. The Kier molecular flexibility index (Phi) is 8.26. The van der Waals surface area contributed by atoms with Crippen LogP contribution >= 0.6 is 0 Å². The van der Waals surface area contributed by atoms with Crippen LogP contribution in [0.25, 0.3) is 0 Å². The molecular weight excluding hydrogens is 252 g/mol. The predicted octanol–water partition coefficient (Wildman–Crippen LogP) is 3.60. The van der Waals surface area contributed by atoms with E-state index in [0.717, 1.165) is 0 Å². The van der Waals surface area contributed by atoms with E-state index in [1.807, 2.05) is 0 Å². The first-order valence-electron chi connectivity index (χ1n) is 5.74. The molecule has 3 nitrogen and oxygen atoms in total. The van der Waals surface area contributed by atoms with Gasteiger partial charge in [-0.2, -0.15) is 0 Å². The Bertz CT molecular complexity index is 274. The quantitative estimate of drug-likeness (QED) is 0.738. The number of hydrogen-bond donors (Lipinski definition) is 0. The summed E-state index contributed by atoms with van der Waals surface area (Å²) in [6, 6.07) is 0. The molecule has 99 valence electrons. The third kappa shape index (κ3) is 4.68. The van der Waals surface area contributed by atoms with Gasteiger partial charge in [0, 0.05) is 0 Å². The monoisotopic (exact) mass is 277 g/mol. The molecule has 1 aliphatic carbocycles. The fraction of sp³-hybridized carbons (Fsp3) is 0.692. The third-order valence-corrected chi connectivity index (χ3v) is 5.11. The SMILES string of the molecule is CC1=C(C)C(C)C(C)=C1C.C[O][Ti]([O]C)[O]C. The van der Waals surface area contributed by atoms with E-state index in [1.54, 1.807) is 32.5 Å². The van der Waals surface area contributed by atoms with Gasteiger partial charge >= 0.3 is 50.3 Å². The van der Waals surface area contributed by atoms with E-state index in [9.17, 15) is 0 Å². The van der Waals surface area contributed by atoms with Gasteiger partial charge in [-0.15, -0.1) is 0 Å². The van der Waals surface area contributed by atoms with Gasteiger partial charge in [-0.05, 0) is 44.8 Å². The molecule has 0 atom stereocenters. The molecule has 0 N–H and O–H groups in total. The topological polar surface area (TPSA) is 27.7 Å². The van der Waals surface area contributed by atoms with Crippen molar-refractivity contribution in [2.75, 3.05) is 21.3 Å². The Labute approximate surface area is 113 Å². The van der Waals surface area contributed by atoms with Crippen LogP contribution in [-0.2, 0) is 29.0 Å². The van der Waals surface area contributed by atoms with Crippen molar-refractivity contribution >= 4 is 0 Å². The fourth-order valence-electron chi connectivity index (χ4n) is 1.82. The average Bonchev–Trinajstić information content (AvgIpc) is 2.51. The van der Waals surface area contributed by atoms with E-state index in [4.69, 9.17) is 9.96 Å². The summed E-state index contributed by atoms with van der Waals surface area (Å²) in [4.78, 5) is 0. The van der Waals surface area contributed by atoms with Crippen LogP contribution in [0.2, 0.25) is 0 Å². The van der Waals surface area contributed by atoms with Crippen LogP contribution in [0, 0.1) is 5.92 Å². The van der Waals surface area contributed by atoms with Gasteiger partial charge in [0.05, 0.1) is 0 Å². The van der Waals surface area contributed by atoms with Crippen LogP contribution in [0.15, 0.2) is 22.3 Å². The van der Waals surface area contributed by atoms with Gasteiger partial charge in [-0.25, -0.2) is 0 Å². The molecule has 1 aliphatic rings. The summed E-state index contributed by atoms with van der Waals surface area (Å²) in [7, 11) is 4.76. The minimum absolute atomic E-state index is 0.694. The molecule has 0 bridgehead atoms. The van der Waals surface area contributed by atoms with Crippen LogP contribution in [0.3, 0.4) is 0 Å². The van der Waals surface area contributed by atoms with Crippen molar-refractivity contribution in [3.05, 3.63) is 22.3 Å². The molecule has 0 saturated heterocycles. The number of allylic oxidation sites excluding steroid dienone is 4. The molecule has 17 heavy (non-hydrogen) atoms. The number of rotatable bonds is 3. The molecule has 0 spiro atoms. The summed E-state index contributed by atoms with van der Waals surface area (Å²) in [6.07, 6.45) is 0. The van der Waals surface area contributed by atoms with E-state index < -0.39 is 19.0 Å². The molecule has 0 amide bonds. The summed E-state index contributed by atoms with van der Waals surface area (Å²) in [5.74, 6) is 0.694. The zero-order chi connectivity index (χ0) is 13.6. The second kappa shape index (κ2) is 8.22. The molecule has 0 aromatic carbocycles. The Hall–Kier alpha value is 0.0743. The van der Waals surface area contributed by atoms with E-state index in [-0.39, 0.29) is 0 Å². The fourth-order valence-corrected chi connectivity index (χ4v) is 2.60. The van der Waals surface area contributed by atoms with Crippen LogP contribution in [0.5, 0.6) is 0 Å². The average molecular weight is 277 g/mol. The molecule has 0 unspecified atom stereocenters. The zero-order valence-electron chi connectivity index (χ0n) is 12.3. The summed E-state index contributed by atoms with van der Waals surface area (Å²) in [6.45, 7) is 11.2. The van der Waals surface area contributed by atoms with Crippen LogP contribution in [0.1, 0.15) is 34.6 Å². The molecule has 0 aromatic heterocycles. The summed E-state index contributed by atoms with van der Waals surface area (Å²) in [5, 5.41) is 0. The van der Waals surface area contributed by atoms with E-state index >= 15 is 0 Å². The molecular formula is C13H25O3Ti. The molecule has 4 heteroatoms. The van der Waals surface area contributed by atoms with Gasteiger partial charge in [0.25, 0.3) is 0 Å². The van der Waals surface area contributed by atoms with Crippen molar-refractivity contribution in [1.82, 2.24) is 0 Å². The maximum absolute atomic E-state index is 4.77. The van der Waals surface area contributed by atoms with Gasteiger partial charge in [0.1, 0.15) is 0 Å². The van der Waals surface area contributed by atoms with Gasteiger partial charge in [-0.1, -0.05) is 18.1 Å². The first-order chi connectivity index (χ1) is 7.90. The van der Waals surface area contributed by atoms with Gasteiger partial charge in [0.15, 0.2) is 0 Å². The minimum atomic E-state index is -1.90. The predicted molar refractivity (Wildman–Crippen MR) is 66.9 cm³/mol. The molecule has 1 rings (SSSR count). The summed E-state index contributed by atoms with van der Waals surface area (Å²) in [5.41, 5.74) is 6.11. The summed E-state index contributed by atoms with van der Waals surface area (Å²) < 4.78 is 14.3. The van der Waals surface area contributed by atoms with Crippen LogP contribution < -0.4 is 0 Å². The molecule has 0 heterocycles. The molecule has 0 aromatic rings. The van der Waals surface area contributed by atoms with Crippen LogP contribution in [-0.4, -0.2) is 21.3 Å². The van der Waals surface area contributed by atoms with Crippen molar-refractivity contribution in [3.8, 4) is 0 Å². The van der Waals surface area contributed by atoms with Crippen LogP contribution in [0.4, 0.5) is 0 Å². The van der Waals surface area contributed by atoms with Gasteiger partial charge in [-0.3, -0.25) is 0 Å². The summed E-state index contributed by atoms with van der Waals surface area (Å²) >= 11 is -1.90. The van der Waals surface area contributed by atoms with Crippen molar-refractivity contribution in [2.24, 2.45) is 5.92 Å². The van der Waals surface area contributed by atoms with Gasteiger partial charge in [0.2, 0.25) is 0 Å². The first kappa shape index (κ1) is 17.1. The third-order valence-electron chi connectivity index (χ3n) is 3.54.